The highest BCUT2D eigenvalue weighted by Crippen LogP contribution is 2.38. The van der Waals surface area contributed by atoms with E-state index < -0.39 is 11.4 Å². The van der Waals surface area contributed by atoms with Crippen LogP contribution in [0.15, 0.2) is 59.9 Å². The molecule has 11 heteroatoms. The molecule has 0 spiro atoms. The van der Waals surface area contributed by atoms with Gasteiger partial charge in [0.05, 0.1) is 58.7 Å². The van der Waals surface area contributed by atoms with Crippen molar-refractivity contribution in [2.45, 2.75) is 11.8 Å². The number of hydrogen-bond acceptors (Lipinski definition) is 9. The Hall–Kier alpha value is -3.02. The number of nitrogens with zero attached hydrogens (tertiary/aromatic N) is 4. The van der Waals surface area contributed by atoms with Gasteiger partial charge in [-0.05, 0) is 48.9 Å². The summed E-state index contributed by atoms with van der Waals surface area (Å²) in [5.74, 6) is 1.14. The number of hydrogen-bond donors (Lipinski definition) is 1. The first-order chi connectivity index (χ1) is 17.0. The summed E-state index contributed by atoms with van der Waals surface area (Å²) in [5, 5.41) is 1.34. The van der Waals surface area contributed by atoms with Gasteiger partial charge in [-0.2, -0.15) is 0 Å². The van der Waals surface area contributed by atoms with Crippen LogP contribution in [0.2, 0.25) is 5.02 Å². The van der Waals surface area contributed by atoms with Gasteiger partial charge in [0.25, 0.3) is 0 Å². The molecule has 35 heavy (non-hydrogen) atoms. The smallest absolute Gasteiger partial charge is 0.232 e. The Bertz CT molecular complexity index is 1500. The second-order valence-electron chi connectivity index (χ2n) is 7.54. The molecule has 0 saturated carbocycles. The number of nitrogens with one attached hydrogen (secondary N) is 1. The van der Waals surface area contributed by atoms with Crippen LogP contribution in [-0.2, 0) is 11.4 Å². The average molecular weight is 526 g/mol. The van der Waals surface area contributed by atoms with Crippen molar-refractivity contribution in [1.29, 1.82) is 0 Å². The van der Waals surface area contributed by atoms with Crippen LogP contribution in [0.3, 0.4) is 0 Å². The van der Waals surface area contributed by atoms with Crippen LogP contribution in [0, 0.1) is 6.92 Å². The van der Waals surface area contributed by atoms with Crippen LogP contribution >= 0.6 is 22.9 Å². The highest BCUT2D eigenvalue weighted by Gasteiger charge is 2.16. The Morgan fingerprint density at radius 2 is 2.03 bits per heavy atom. The number of methoxy groups -OCH3 is 1. The summed E-state index contributed by atoms with van der Waals surface area (Å²) < 4.78 is 27.3. The summed E-state index contributed by atoms with van der Waals surface area (Å²) in [6.45, 7) is 2.78. The fraction of sp³-hybridized carbons (Fsp3) is 0.167. The van der Waals surface area contributed by atoms with Crippen LogP contribution in [0.5, 0.6) is 11.6 Å². The molecule has 5 aromatic rings. The van der Waals surface area contributed by atoms with E-state index >= 15 is 0 Å². The molecular weight excluding hydrogens is 506 g/mol. The van der Waals surface area contributed by atoms with E-state index in [-0.39, 0.29) is 0 Å². The zero-order valence-corrected chi connectivity index (χ0v) is 21.2. The molecule has 1 unspecified atom stereocenters. The molecule has 0 aliphatic carbocycles. The lowest BCUT2D eigenvalue weighted by atomic mass is 10.1. The predicted molar refractivity (Wildman–Crippen MR) is 139 cm³/mol. The number of aryl methyl sites for hydroxylation is 1. The van der Waals surface area contributed by atoms with Crippen molar-refractivity contribution in [3.8, 4) is 22.2 Å². The van der Waals surface area contributed by atoms with Crippen molar-refractivity contribution in [3.05, 3.63) is 65.6 Å². The van der Waals surface area contributed by atoms with Crippen molar-refractivity contribution in [3.63, 3.8) is 0 Å². The lowest BCUT2D eigenvalue weighted by Crippen LogP contribution is -2.28. The fourth-order valence-corrected chi connectivity index (χ4v) is 5.64. The molecule has 0 aliphatic rings. The summed E-state index contributed by atoms with van der Waals surface area (Å²) in [5.41, 5.74) is 4.04. The maximum atomic E-state index is 12.2. The van der Waals surface area contributed by atoms with Crippen molar-refractivity contribution < 1.29 is 14.0 Å². The van der Waals surface area contributed by atoms with Gasteiger partial charge in [-0.3, -0.25) is 4.98 Å². The molecule has 0 radical (unpaired) electrons. The lowest BCUT2D eigenvalue weighted by Gasteiger charge is -2.11. The number of halogens is 1. The molecule has 2 aromatic carbocycles. The second kappa shape index (κ2) is 10.3. The standard InChI is InChI=1S/C24H20ClN5O3S2/c1-14-8-16(33-7-6-28-35(31)17-4-3-5-26-12-17)11-20-22(14)30-24(34-20)18-9-15(25)10-19-23(18)27-13-21(29-19)32-2/h3-5,8-13,28H,6-7H2,1-2H3. The van der Waals surface area contributed by atoms with Gasteiger partial charge in [-0.15, -0.1) is 16.1 Å². The minimum Gasteiger partial charge on any atom is -0.593 e. The summed E-state index contributed by atoms with van der Waals surface area (Å²) in [4.78, 5) is 18.4. The molecule has 8 nitrogen and oxygen atoms in total. The molecule has 0 amide bonds. The Balaban J connectivity index is 1.35. The first kappa shape index (κ1) is 23.7. The van der Waals surface area contributed by atoms with E-state index in [4.69, 9.17) is 26.1 Å². The maximum Gasteiger partial charge on any atom is 0.232 e. The van der Waals surface area contributed by atoms with E-state index in [0.29, 0.717) is 40.0 Å². The van der Waals surface area contributed by atoms with Gasteiger partial charge in [-0.25, -0.2) is 15.0 Å². The van der Waals surface area contributed by atoms with Crippen molar-refractivity contribution >= 4 is 55.5 Å². The number of pyridine rings is 1. The van der Waals surface area contributed by atoms with Gasteiger partial charge in [0, 0.05) is 16.8 Å². The molecule has 178 valence electrons. The number of benzene rings is 2. The summed E-state index contributed by atoms with van der Waals surface area (Å²) >= 11 is 6.58. The molecule has 0 bridgehead atoms. The number of rotatable bonds is 8. The van der Waals surface area contributed by atoms with Gasteiger partial charge >= 0.3 is 0 Å². The van der Waals surface area contributed by atoms with Gasteiger partial charge in [0.15, 0.2) is 4.90 Å². The van der Waals surface area contributed by atoms with E-state index in [1.165, 1.54) is 11.3 Å². The molecule has 0 saturated heterocycles. The predicted octanol–water partition coefficient (Wildman–Crippen LogP) is 4.96. The number of aromatic nitrogens is 4. The lowest BCUT2D eigenvalue weighted by molar-refractivity contribution is 0.323. The summed E-state index contributed by atoms with van der Waals surface area (Å²) in [6.07, 6.45) is 4.81. The van der Waals surface area contributed by atoms with Crippen LogP contribution in [0.1, 0.15) is 5.56 Å². The third-order valence-corrected chi connectivity index (χ3v) is 7.53. The molecular formula is C24H20ClN5O3S2. The van der Waals surface area contributed by atoms with Gasteiger partial charge in [0.1, 0.15) is 17.4 Å². The molecule has 0 fully saturated rings. The van der Waals surface area contributed by atoms with Crippen LogP contribution in [0.25, 0.3) is 31.8 Å². The molecule has 0 aliphatic heterocycles. The summed E-state index contributed by atoms with van der Waals surface area (Å²) in [7, 11) is 1.55. The minimum atomic E-state index is -1.33. The third-order valence-electron chi connectivity index (χ3n) is 5.14. The van der Waals surface area contributed by atoms with Crippen molar-refractivity contribution in [1.82, 2.24) is 24.7 Å². The Kier molecular flexibility index (Phi) is 6.98. The van der Waals surface area contributed by atoms with E-state index in [9.17, 15) is 4.55 Å². The first-order valence-electron chi connectivity index (χ1n) is 10.6. The average Bonchev–Trinajstić information content (AvgIpc) is 3.31. The van der Waals surface area contributed by atoms with Crippen LogP contribution in [0.4, 0.5) is 0 Å². The molecule has 1 atom stereocenters. The quantitative estimate of drug-likeness (QED) is 0.224. The van der Waals surface area contributed by atoms with Crippen molar-refractivity contribution in [2.75, 3.05) is 20.3 Å². The highest BCUT2D eigenvalue weighted by molar-refractivity contribution is 7.89. The SMILES string of the molecule is COc1cnc2c(-c3nc4c(C)cc(OCCN[S+]([O-])c5cccnc5)cc4s3)cc(Cl)cc2n1. The monoisotopic (exact) mass is 525 g/mol. The summed E-state index contributed by atoms with van der Waals surface area (Å²) in [6, 6.07) is 11.0. The van der Waals surface area contributed by atoms with E-state index in [1.807, 2.05) is 25.1 Å². The maximum absolute atomic E-state index is 12.2. The largest absolute Gasteiger partial charge is 0.593 e. The van der Waals surface area contributed by atoms with Gasteiger partial charge in [-0.1, -0.05) is 11.6 Å². The molecule has 5 rings (SSSR count). The molecule has 3 aromatic heterocycles. The molecule has 1 N–H and O–H groups in total. The number of fused-ring (bicyclic) bond motifs is 2. The zero-order valence-electron chi connectivity index (χ0n) is 18.8. The van der Waals surface area contributed by atoms with Crippen LogP contribution in [-0.4, -0.2) is 44.8 Å². The minimum absolute atomic E-state index is 0.360. The van der Waals surface area contributed by atoms with Crippen LogP contribution < -0.4 is 14.2 Å². The van der Waals surface area contributed by atoms with E-state index in [1.54, 1.807) is 43.9 Å². The normalized spacial score (nSPS) is 12.2. The first-order valence-corrected chi connectivity index (χ1v) is 13.0. The molecule has 3 heterocycles. The topological polar surface area (TPSA) is 105 Å². The Labute approximate surface area is 213 Å². The van der Waals surface area contributed by atoms with Gasteiger partial charge < -0.3 is 14.0 Å². The third kappa shape index (κ3) is 5.16. The highest BCUT2D eigenvalue weighted by atomic mass is 35.5. The van der Waals surface area contributed by atoms with Crippen molar-refractivity contribution in [2.24, 2.45) is 0 Å². The number of ether oxygens (including phenoxy) is 2. The van der Waals surface area contributed by atoms with E-state index in [0.717, 1.165) is 32.1 Å². The Morgan fingerprint density at radius 3 is 2.83 bits per heavy atom. The van der Waals surface area contributed by atoms with E-state index in [2.05, 4.69) is 19.7 Å². The second-order valence-corrected chi connectivity index (χ2v) is 10.3. The number of thiazole rings is 1. The van der Waals surface area contributed by atoms with Gasteiger partial charge in [0.2, 0.25) is 5.88 Å². The zero-order chi connectivity index (χ0) is 24.4. The Morgan fingerprint density at radius 1 is 1.14 bits per heavy atom. The fourth-order valence-electron chi connectivity index (χ4n) is 3.54.